The van der Waals surface area contributed by atoms with Crippen LogP contribution in [0.25, 0.3) is 0 Å². The molecule has 0 atom stereocenters. The van der Waals surface area contributed by atoms with Crippen molar-refractivity contribution >= 4 is 11.9 Å². The number of rotatable bonds is 7. The van der Waals surface area contributed by atoms with Crippen LogP contribution >= 0.6 is 0 Å². The molecule has 1 saturated carbocycles. The molecule has 1 fully saturated rings. The van der Waals surface area contributed by atoms with Crippen molar-refractivity contribution in [3.63, 3.8) is 0 Å². The number of aliphatic carboxylic acids is 1. The van der Waals surface area contributed by atoms with Crippen LogP contribution < -0.4 is 5.32 Å². The normalized spacial score (nSPS) is 17.0. The Hall–Kier alpha value is -1.88. The molecule has 2 rings (SSSR count). The Balaban J connectivity index is 1.97. The van der Waals surface area contributed by atoms with E-state index in [4.69, 9.17) is 5.11 Å². The summed E-state index contributed by atoms with van der Waals surface area (Å²) in [5.74, 6) is -1.04. The first-order valence-corrected chi connectivity index (χ1v) is 8.24. The summed E-state index contributed by atoms with van der Waals surface area (Å²) in [4.78, 5) is 24.3. The molecule has 1 amide bonds. The molecule has 1 aliphatic carbocycles. The molecule has 5 nitrogen and oxygen atoms in total. The molecule has 1 aromatic carbocycles. The Bertz CT molecular complexity index is 524. The Labute approximate surface area is 137 Å². The molecule has 0 unspecified atom stereocenters. The van der Waals surface area contributed by atoms with Gasteiger partial charge in [0.1, 0.15) is 0 Å². The predicted octanol–water partition coefficient (Wildman–Crippen LogP) is 2.02. The van der Waals surface area contributed by atoms with Gasteiger partial charge in [0.2, 0.25) is 5.91 Å². The van der Waals surface area contributed by atoms with Crippen LogP contribution in [-0.2, 0) is 15.0 Å². The number of benzene rings is 1. The van der Waals surface area contributed by atoms with Gasteiger partial charge in [0.05, 0.1) is 13.1 Å². The van der Waals surface area contributed by atoms with Crippen LogP contribution in [0.5, 0.6) is 0 Å². The maximum Gasteiger partial charge on any atom is 0.317 e. The molecule has 5 heteroatoms. The maximum absolute atomic E-state index is 12.1. The number of nitrogens with zero attached hydrogens (tertiary/aromatic N) is 1. The quantitative estimate of drug-likeness (QED) is 0.807. The zero-order valence-corrected chi connectivity index (χ0v) is 13.8. The fraction of sp³-hybridized carbons (Fsp3) is 0.556. The van der Waals surface area contributed by atoms with E-state index < -0.39 is 5.97 Å². The van der Waals surface area contributed by atoms with Gasteiger partial charge < -0.3 is 10.4 Å². The van der Waals surface area contributed by atoms with Gasteiger partial charge in [-0.25, -0.2) is 0 Å². The lowest BCUT2D eigenvalue weighted by atomic mass is 9.69. The van der Waals surface area contributed by atoms with Crippen molar-refractivity contribution in [3.8, 4) is 0 Å². The van der Waals surface area contributed by atoms with E-state index in [0.717, 1.165) is 12.8 Å². The van der Waals surface area contributed by atoms with E-state index in [1.807, 2.05) is 18.2 Å². The predicted molar refractivity (Wildman–Crippen MR) is 89.3 cm³/mol. The van der Waals surface area contributed by atoms with Crippen LogP contribution in [0, 0.1) is 0 Å². The number of nitrogens with one attached hydrogen (secondary N) is 1. The average Bonchev–Trinajstić information content (AvgIpc) is 2.54. The summed E-state index contributed by atoms with van der Waals surface area (Å²) in [5, 5.41) is 11.8. The lowest BCUT2D eigenvalue weighted by molar-refractivity contribution is -0.138. The Kier molecular flexibility index (Phi) is 6.16. The van der Waals surface area contributed by atoms with E-state index in [2.05, 4.69) is 17.4 Å². The van der Waals surface area contributed by atoms with E-state index in [-0.39, 0.29) is 24.4 Å². The summed E-state index contributed by atoms with van der Waals surface area (Å²) >= 11 is 0. The molecular weight excluding hydrogens is 292 g/mol. The molecule has 0 aliphatic heterocycles. The molecule has 1 aliphatic rings. The van der Waals surface area contributed by atoms with Gasteiger partial charge in [-0.2, -0.15) is 0 Å². The maximum atomic E-state index is 12.1. The molecular formula is C18H26N2O3. The smallest absolute Gasteiger partial charge is 0.317 e. The Morgan fingerprint density at radius 2 is 1.78 bits per heavy atom. The number of carbonyl (C=O) groups is 2. The molecule has 0 aromatic heterocycles. The molecule has 126 valence electrons. The van der Waals surface area contributed by atoms with Gasteiger partial charge >= 0.3 is 5.97 Å². The largest absolute Gasteiger partial charge is 0.480 e. The number of hydrogen-bond acceptors (Lipinski definition) is 3. The van der Waals surface area contributed by atoms with E-state index in [1.165, 1.54) is 29.7 Å². The Morgan fingerprint density at radius 1 is 1.13 bits per heavy atom. The van der Waals surface area contributed by atoms with Gasteiger partial charge in [0.25, 0.3) is 0 Å². The van der Waals surface area contributed by atoms with Crippen molar-refractivity contribution in [2.75, 3.05) is 26.7 Å². The fourth-order valence-corrected chi connectivity index (χ4v) is 3.44. The van der Waals surface area contributed by atoms with Crippen LogP contribution in [0.15, 0.2) is 30.3 Å². The standard InChI is InChI=1S/C18H26N2O3/c1-20(13-17(22)23)12-16(21)19-14-18(10-6-3-7-11-18)15-8-4-2-5-9-15/h2,4-5,8-9H,3,6-7,10-14H2,1H3,(H,19,21)(H,22,23). The number of carbonyl (C=O) groups excluding carboxylic acids is 1. The van der Waals surface area contributed by atoms with Crippen LogP contribution in [0.4, 0.5) is 0 Å². The first-order valence-electron chi connectivity index (χ1n) is 8.24. The SMILES string of the molecule is CN(CC(=O)O)CC(=O)NCC1(c2ccccc2)CCCCC1. The number of carboxylic acids is 1. The van der Waals surface area contributed by atoms with Gasteiger partial charge in [-0.05, 0) is 25.5 Å². The van der Waals surface area contributed by atoms with Gasteiger partial charge in [-0.15, -0.1) is 0 Å². The molecule has 0 spiro atoms. The molecule has 2 N–H and O–H groups in total. The van der Waals surface area contributed by atoms with Gasteiger partial charge in [0.15, 0.2) is 0 Å². The third-order valence-electron chi connectivity index (χ3n) is 4.64. The van der Waals surface area contributed by atoms with Crippen LogP contribution in [0.1, 0.15) is 37.7 Å². The minimum absolute atomic E-state index is 0.0144. The molecule has 23 heavy (non-hydrogen) atoms. The molecule has 0 bridgehead atoms. The molecule has 0 saturated heterocycles. The second kappa shape index (κ2) is 8.11. The summed E-state index contributed by atoms with van der Waals surface area (Å²) < 4.78 is 0. The second-order valence-corrected chi connectivity index (χ2v) is 6.55. The highest BCUT2D eigenvalue weighted by Crippen LogP contribution is 2.38. The molecule has 0 radical (unpaired) electrons. The highest BCUT2D eigenvalue weighted by atomic mass is 16.4. The first kappa shape index (κ1) is 17.5. The third-order valence-corrected chi connectivity index (χ3v) is 4.64. The topological polar surface area (TPSA) is 69.6 Å². The van der Waals surface area contributed by atoms with Crippen LogP contribution in [0.3, 0.4) is 0 Å². The van der Waals surface area contributed by atoms with Gasteiger partial charge in [-0.1, -0.05) is 49.6 Å². The third kappa shape index (κ3) is 5.06. The fourth-order valence-electron chi connectivity index (χ4n) is 3.44. The van der Waals surface area contributed by atoms with Crippen LogP contribution in [0.2, 0.25) is 0 Å². The van der Waals surface area contributed by atoms with Gasteiger partial charge in [-0.3, -0.25) is 14.5 Å². The summed E-state index contributed by atoms with van der Waals surface area (Å²) in [5.41, 5.74) is 1.31. The summed E-state index contributed by atoms with van der Waals surface area (Å²) in [6.07, 6.45) is 5.79. The highest BCUT2D eigenvalue weighted by Gasteiger charge is 2.34. The number of hydrogen-bond donors (Lipinski definition) is 2. The van der Waals surface area contributed by atoms with E-state index in [0.29, 0.717) is 6.54 Å². The van der Waals surface area contributed by atoms with E-state index in [9.17, 15) is 9.59 Å². The minimum Gasteiger partial charge on any atom is -0.480 e. The van der Waals surface area contributed by atoms with Crippen LogP contribution in [-0.4, -0.2) is 48.6 Å². The van der Waals surface area contributed by atoms with Gasteiger partial charge in [0, 0.05) is 12.0 Å². The number of likely N-dealkylation sites (N-methyl/N-ethyl adjacent to an activating group) is 1. The zero-order chi connectivity index (χ0) is 16.7. The summed E-state index contributed by atoms with van der Waals surface area (Å²) in [6, 6.07) is 10.4. The average molecular weight is 318 g/mol. The lowest BCUT2D eigenvalue weighted by Gasteiger charge is -2.38. The summed E-state index contributed by atoms with van der Waals surface area (Å²) in [7, 11) is 1.64. The van der Waals surface area contributed by atoms with Crippen molar-refractivity contribution in [1.29, 1.82) is 0 Å². The van der Waals surface area contributed by atoms with Crippen molar-refractivity contribution < 1.29 is 14.7 Å². The molecule has 0 heterocycles. The lowest BCUT2D eigenvalue weighted by Crippen LogP contribution is -2.45. The Morgan fingerprint density at radius 3 is 2.39 bits per heavy atom. The number of amides is 1. The van der Waals surface area contributed by atoms with E-state index in [1.54, 1.807) is 7.05 Å². The minimum atomic E-state index is -0.923. The monoisotopic (exact) mass is 318 g/mol. The zero-order valence-electron chi connectivity index (χ0n) is 13.8. The second-order valence-electron chi connectivity index (χ2n) is 6.55. The van der Waals surface area contributed by atoms with Crippen molar-refractivity contribution in [2.24, 2.45) is 0 Å². The van der Waals surface area contributed by atoms with Crippen molar-refractivity contribution in [2.45, 2.75) is 37.5 Å². The highest BCUT2D eigenvalue weighted by molar-refractivity contribution is 5.79. The van der Waals surface area contributed by atoms with Crippen molar-refractivity contribution in [1.82, 2.24) is 10.2 Å². The van der Waals surface area contributed by atoms with E-state index >= 15 is 0 Å². The number of carboxylic acid groups (broad SMARTS) is 1. The summed E-state index contributed by atoms with van der Waals surface area (Å²) in [6.45, 7) is 0.602. The first-order chi connectivity index (χ1) is 11.0. The van der Waals surface area contributed by atoms with Crippen molar-refractivity contribution in [3.05, 3.63) is 35.9 Å². The molecule has 1 aromatic rings.